The predicted molar refractivity (Wildman–Crippen MR) is 127 cm³/mol. The number of nitrogens with one attached hydrogen (secondary N) is 1. The molecule has 0 spiro atoms. The molecule has 1 saturated carbocycles. The minimum Gasteiger partial charge on any atom is -0.445 e. The number of piperidine rings is 1. The van der Waals surface area contributed by atoms with Crippen LogP contribution < -0.4 is 5.32 Å². The van der Waals surface area contributed by atoms with E-state index in [4.69, 9.17) is 16.3 Å². The van der Waals surface area contributed by atoms with Crippen molar-refractivity contribution in [3.8, 4) is 0 Å². The molecule has 1 heterocycles. The largest absolute Gasteiger partial charge is 0.445 e. The van der Waals surface area contributed by atoms with E-state index in [1.807, 2.05) is 12.1 Å². The molecule has 7 nitrogen and oxygen atoms in total. The molecule has 8 heteroatoms. The lowest BCUT2D eigenvalue weighted by Gasteiger charge is -2.38. The van der Waals surface area contributed by atoms with E-state index >= 15 is 0 Å². The lowest BCUT2D eigenvalue weighted by molar-refractivity contribution is -0.384. The van der Waals surface area contributed by atoms with Crippen LogP contribution >= 0.6 is 11.6 Å². The van der Waals surface area contributed by atoms with E-state index in [1.54, 1.807) is 12.1 Å². The maximum Gasteiger partial charge on any atom is 0.407 e. The van der Waals surface area contributed by atoms with E-state index in [2.05, 4.69) is 22.3 Å². The van der Waals surface area contributed by atoms with Gasteiger partial charge in [0.05, 0.1) is 4.92 Å². The number of benzene rings is 2. The number of ether oxygens (including phenoxy) is 1. The number of nitro benzene ring substituents is 1. The third-order valence-corrected chi connectivity index (χ3v) is 7.08. The number of hydrogen-bond acceptors (Lipinski definition) is 5. The van der Waals surface area contributed by atoms with Gasteiger partial charge in [-0.2, -0.15) is 0 Å². The van der Waals surface area contributed by atoms with E-state index in [0.29, 0.717) is 17.5 Å². The van der Waals surface area contributed by atoms with E-state index in [9.17, 15) is 14.9 Å². The van der Waals surface area contributed by atoms with E-state index in [-0.39, 0.29) is 18.3 Å². The Kier molecular flexibility index (Phi) is 7.83. The van der Waals surface area contributed by atoms with Crippen LogP contribution in [-0.2, 0) is 17.8 Å². The van der Waals surface area contributed by atoms with Crippen LogP contribution in [0.3, 0.4) is 0 Å². The molecule has 2 aromatic carbocycles. The molecule has 0 radical (unpaired) electrons. The Morgan fingerprint density at radius 3 is 2.58 bits per heavy atom. The van der Waals surface area contributed by atoms with Gasteiger partial charge in [-0.3, -0.25) is 15.0 Å². The molecular weight excluding hydrogens is 442 g/mol. The van der Waals surface area contributed by atoms with Gasteiger partial charge in [0.1, 0.15) is 6.61 Å². The number of rotatable bonds is 7. The second-order valence-corrected chi connectivity index (χ2v) is 9.50. The topological polar surface area (TPSA) is 84.7 Å². The Hall–Kier alpha value is -2.64. The van der Waals surface area contributed by atoms with Crippen LogP contribution in [0.5, 0.6) is 0 Å². The third kappa shape index (κ3) is 6.45. The Labute approximate surface area is 199 Å². The average molecular weight is 472 g/mol. The molecule has 2 atom stereocenters. The van der Waals surface area contributed by atoms with Crippen LogP contribution in [0.15, 0.2) is 48.5 Å². The summed E-state index contributed by atoms with van der Waals surface area (Å²) in [5.74, 6) is 0.676. The van der Waals surface area contributed by atoms with E-state index in [0.717, 1.165) is 56.6 Å². The van der Waals surface area contributed by atoms with Crippen molar-refractivity contribution in [2.75, 3.05) is 13.1 Å². The minimum atomic E-state index is -0.462. The van der Waals surface area contributed by atoms with Crippen molar-refractivity contribution in [2.24, 2.45) is 5.92 Å². The van der Waals surface area contributed by atoms with Gasteiger partial charge < -0.3 is 10.1 Å². The molecule has 176 valence electrons. The molecule has 1 amide bonds. The fourth-order valence-electron chi connectivity index (χ4n) is 5.09. The van der Waals surface area contributed by atoms with Gasteiger partial charge in [-0.1, -0.05) is 35.9 Å². The zero-order chi connectivity index (χ0) is 23.2. The Bertz CT molecular complexity index is 960. The van der Waals surface area contributed by atoms with Crippen molar-refractivity contribution in [3.63, 3.8) is 0 Å². The number of non-ortho nitro benzene ring substituents is 1. The summed E-state index contributed by atoms with van der Waals surface area (Å²) in [5, 5.41) is 14.7. The van der Waals surface area contributed by atoms with Crippen LogP contribution in [0, 0.1) is 16.0 Å². The second-order valence-electron chi connectivity index (χ2n) is 9.06. The number of hydrogen-bond donors (Lipinski definition) is 1. The maximum absolute atomic E-state index is 12.4. The minimum absolute atomic E-state index is 0.00756. The molecule has 33 heavy (non-hydrogen) atoms. The second kappa shape index (κ2) is 11.0. The summed E-state index contributed by atoms with van der Waals surface area (Å²) in [5.41, 5.74) is 1.93. The summed E-state index contributed by atoms with van der Waals surface area (Å²) < 4.78 is 5.35. The van der Waals surface area contributed by atoms with Gasteiger partial charge in [0.15, 0.2) is 0 Å². The first-order valence-corrected chi connectivity index (χ1v) is 12.0. The van der Waals surface area contributed by atoms with Gasteiger partial charge in [-0.05, 0) is 80.8 Å². The SMILES string of the molecule is O=C(NC1CCCC1N1CCC(Cc2ccc(Cl)cc2)CC1)OCc1cccc([N+](=O)[O-])c1. The smallest absolute Gasteiger partial charge is 0.407 e. The number of nitrogens with zero attached hydrogens (tertiary/aromatic N) is 2. The Balaban J connectivity index is 1.23. The monoisotopic (exact) mass is 471 g/mol. The summed E-state index contributed by atoms with van der Waals surface area (Å²) in [6, 6.07) is 14.7. The average Bonchev–Trinajstić information content (AvgIpc) is 3.28. The van der Waals surface area contributed by atoms with E-state index in [1.165, 1.54) is 17.7 Å². The molecule has 2 fully saturated rings. The zero-order valence-corrected chi connectivity index (χ0v) is 19.4. The third-order valence-electron chi connectivity index (χ3n) is 6.83. The number of halogens is 1. The van der Waals surface area contributed by atoms with Crippen molar-refractivity contribution in [1.29, 1.82) is 0 Å². The summed E-state index contributed by atoms with van der Waals surface area (Å²) in [4.78, 5) is 25.4. The van der Waals surface area contributed by atoms with Gasteiger partial charge >= 0.3 is 6.09 Å². The van der Waals surface area contributed by atoms with Crippen LogP contribution in [0.1, 0.15) is 43.2 Å². The first kappa shape index (κ1) is 23.5. The van der Waals surface area contributed by atoms with Crippen LogP contribution in [-0.4, -0.2) is 41.1 Å². The maximum atomic E-state index is 12.4. The van der Waals surface area contributed by atoms with Gasteiger partial charge in [0, 0.05) is 29.2 Å². The number of carbonyl (C=O) groups is 1. The number of alkyl carbamates (subject to hydrolysis) is 1. The van der Waals surface area contributed by atoms with Crippen molar-refractivity contribution >= 4 is 23.4 Å². The normalized spacial score (nSPS) is 21.6. The zero-order valence-electron chi connectivity index (χ0n) is 18.6. The van der Waals surface area contributed by atoms with Crippen molar-refractivity contribution in [2.45, 2.75) is 57.2 Å². The molecule has 1 aliphatic carbocycles. The summed E-state index contributed by atoms with van der Waals surface area (Å²) in [6.07, 6.45) is 6.05. The predicted octanol–water partition coefficient (Wildman–Crippen LogP) is 5.35. The van der Waals surface area contributed by atoms with Crippen molar-refractivity contribution < 1.29 is 14.5 Å². The molecule has 2 unspecified atom stereocenters. The van der Waals surface area contributed by atoms with Crippen LogP contribution in [0.2, 0.25) is 5.02 Å². The highest BCUT2D eigenvalue weighted by Crippen LogP contribution is 2.30. The fraction of sp³-hybridized carbons (Fsp3) is 0.480. The molecule has 1 saturated heterocycles. The molecule has 1 aliphatic heterocycles. The van der Waals surface area contributed by atoms with Crippen LogP contribution in [0.4, 0.5) is 10.5 Å². The lowest BCUT2D eigenvalue weighted by Crippen LogP contribution is -2.51. The van der Waals surface area contributed by atoms with Crippen molar-refractivity contribution in [1.82, 2.24) is 10.2 Å². The highest BCUT2D eigenvalue weighted by molar-refractivity contribution is 6.30. The van der Waals surface area contributed by atoms with Crippen LogP contribution in [0.25, 0.3) is 0 Å². The van der Waals surface area contributed by atoms with Gasteiger partial charge in [-0.25, -0.2) is 4.79 Å². The number of amides is 1. The number of nitro groups is 1. The molecule has 4 rings (SSSR count). The summed E-state index contributed by atoms with van der Waals surface area (Å²) in [7, 11) is 0. The van der Waals surface area contributed by atoms with Crippen molar-refractivity contribution in [3.05, 3.63) is 74.8 Å². The molecule has 0 aromatic heterocycles. The molecule has 0 bridgehead atoms. The first-order valence-electron chi connectivity index (χ1n) is 11.6. The van der Waals surface area contributed by atoms with Gasteiger partial charge in [-0.15, -0.1) is 0 Å². The fourth-order valence-corrected chi connectivity index (χ4v) is 5.22. The standard InChI is InChI=1S/C25H30ClN3O4/c26-21-9-7-18(8-10-21)15-19-11-13-28(14-12-19)24-6-2-5-23(24)27-25(30)33-17-20-3-1-4-22(16-20)29(31)32/h1,3-4,7-10,16,19,23-24H,2,5-6,11-15,17H2,(H,27,30). The quantitative estimate of drug-likeness (QED) is 0.434. The number of carbonyl (C=O) groups excluding carboxylic acids is 1. The molecular formula is C25H30ClN3O4. The lowest BCUT2D eigenvalue weighted by atomic mass is 9.89. The highest BCUT2D eigenvalue weighted by Gasteiger charge is 2.35. The summed E-state index contributed by atoms with van der Waals surface area (Å²) in [6.45, 7) is 2.11. The number of likely N-dealkylation sites (tertiary alicyclic amines) is 1. The molecule has 2 aromatic rings. The summed E-state index contributed by atoms with van der Waals surface area (Å²) >= 11 is 5.99. The van der Waals surface area contributed by atoms with E-state index < -0.39 is 11.0 Å². The van der Waals surface area contributed by atoms with Gasteiger partial charge in [0.25, 0.3) is 5.69 Å². The highest BCUT2D eigenvalue weighted by atomic mass is 35.5. The first-order chi connectivity index (χ1) is 16.0. The molecule has 2 aliphatic rings. The molecule has 1 N–H and O–H groups in total. The Morgan fingerprint density at radius 2 is 1.85 bits per heavy atom. The Morgan fingerprint density at radius 1 is 1.09 bits per heavy atom. The van der Waals surface area contributed by atoms with Gasteiger partial charge in [0.2, 0.25) is 0 Å².